The van der Waals surface area contributed by atoms with Crippen molar-refractivity contribution in [3.05, 3.63) is 35.3 Å². The lowest BCUT2D eigenvalue weighted by molar-refractivity contribution is -0.117. The van der Waals surface area contributed by atoms with Crippen LogP contribution in [0.2, 0.25) is 0 Å². The molecule has 0 aromatic heterocycles. The molecule has 3 aliphatic rings. The number of carbonyl (C=O) groups is 1. The SMILES string of the molecule is CC12CC(O)=CC=C1C(C(=O)NC1CC1)=CO2. The van der Waals surface area contributed by atoms with E-state index in [1.165, 1.54) is 6.26 Å². The molecule has 90 valence electrons. The van der Waals surface area contributed by atoms with Crippen molar-refractivity contribution < 1.29 is 14.6 Å². The Bertz CT molecular complexity index is 471. The summed E-state index contributed by atoms with van der Waals surface area (Å²) in [5, 5.41) is 12.5. The van der Waals surface area contributed by atoms with Gasteiger partial charge in [0.05, 0.1) is 17.6 Å². The van der Waals surface area contributed by atoms with Gasteiger partial charge >= 0.3 is 0 Å². The molecule has 0 radical (unpaired) electrons. The molecule has 2 N–H and O–H groups in total. The van der Waals surface area contributed by atoms with E-state index >= 15 is 0 Å². The van der Waals surface area contributed by atoms with E-state index in [0.717, 1.165) is 18.4 Å². The van der Waals surface area contributed by atoms with Crippen molar-refractivity contribution >= 4 is 5.91 Å². The Morgan fingerprint density at radius 1 is 1.53 bits per heavy atom. The summed E-state index contributed by atoms with van der Waals surface area (Å²) < 4.78 is 5.56. The average Bonchev–Trinajstić information content (AvgIpc) is 2.98. The van der Waals surface area contributed by atoms with Crippen LogP contribution in [0.1, 0.15) is 26.2 Å². The first-order valence-electron chi connectivity index (χ1n) is 5.88. The van der Waals surface area contributed by atoms with E-state index in [0.29, 0.717) is 18.0 Å². The molecule has 0 aromatic carbocycles. The molecule has 0 bridgehead atoms. The molecular weight excluding hydrogens is 218 g/mol. The van der Waals surface area contributed by atoms with Gasteiger partial charge < -0.3 is 15.2 Å². The van der Waals surface area contributed by atoms with Crippen molar-refractivity contribution in [3.63, 3.8) is 0 Å². The second-order valence-corrected chi connectivity index (χ2v) is 5.04. The summed E-state index contributed by atoms with van der Waals surface area (Å²) in [6.45, 7) is 1.88. The fraction of sp³-hybridized carbons (Fsp3) is 0.462. The first kappa shape index (κ1) is 10.4. The summed E-state index contributed by atoms with van der Waals surface area (Å²) in [5.74, 6) is 0.214. The number of aliphatic hydroxyl groups is 1. The van der Waals surface area contributed by atoms with Crippen molar-refractivity contribution in [1.82, 2.24) is 5.32 Å². The predicted octanol–water partition coefficient (Wildman–Crippen LogP) is 1.71. The maximum Gasteiger partial charge on any atom is 0.255 e. The lowest BCUT2D eigenvalue weighted by Gasteiger charge is -2.28. The van der Waals surface area contributed by atoms with E-state index in [4.69, 9.17) is 4.74 Å². The van der Waals surface area contributed by atoms with Crippen LogP contribution in [0.25, 0.3) is 0 Å². The number of fused-ring (bicyclic) bond motifs is 1. The monoisotopic (exact) mass is 233 g/mol. The minimum atomic E-state index is -0.588. The third-order valence-electron chi connectivity index (χ3n) is 3.41. The van der Waals surface area contributed by atoms with Crippen molar-refractivity contribution in [2.24, 2.45) is 0 Å². The average molecular weight is 233 g/mol. The molecule has 1 saturated carbocycles. The van der Waals surface area contributed by atoms with Crippen LogP contribution >= 0.6 is 0 Å². The molecule has 3 rings (SSSR count). The zero-order chi connectivity index (χ0) is 12.0. The highest BCUT2D eigenvalue weighted by Crippen LogP contribution is 2.41. The van der Waals surface area contributed by atoms with E-state index in [2.05, 4.69) is 5.32 Å². The second kappa shape index (κ2) is 3.39. The Morgan fingerprint density at radius 3 is 3.00 bits per heavy atom. The lowest BCUT2D eigenvalue weighted by Crippen LogP contribution is -2.33. The van der Waals surface area contributed by atoms with Crippen LogP contribution in [0.15, 0.2) is 35.3 Å². The molecule has 1 atom stereocenters. The van der Waals surface area contributed by atoms with Gasteiger partial charge in [-0.25, -0.2) is 0 Å². The number of rotatable bonds is 2. The van der Waals surface area contributed by atoms with Gasteiger partial charge in [-0.1, -0.05) is 6.08 Å². The van der Waals surface area contributed by atoms with Crippen molar-refractivity contribution in [1.29, 1.82) is 0 Å². The third-order valence-corrected chi connectivity index (χ3v) is 3.41. The first-order valence-corrected chi connectivity index (χ1v) is 5.88. The predicted molar refractivity (Wildman–Crippen MR) is 62.1 cm³/mol. The van der Waals surface area contributed by atoms with Crippen LogP contribution in [-0.4, -0.2) is 22.7 Å². The normalized spacial score (nSPS) is 30.8. The smallest absolute Gasteiger partial charge is 0.255 e. The Hall–Kier alpha value is -1.71. The van der Waals surface area contributed by atoms with Crippen LogP contribution in [0.4, 0.5) is 0 Å². The summed E-state index contributed by atoms with van der Waals surface area (Å²) in [4.78, 5) is 12.0. The van der Waals surface area contributed by atoms with Crippen LogP contribution in [0.3, 0.4) is 0 Å². The second-order valence-electron chi connectivity index (χ2n) is 5.04. The zero-order valence-electron chi connectivity index (χ0n) is 9.69. The van der Waals surface area contributed by atoms with Crippen molar-refractivity contribution in [3.8, 4) is 0 Å². The van der Waals surface area contributed by atoms with Crippen molar-refractivity contribution in [2.75, 3.05) is 0 Å². The highest BCUT2D eigenvalue weighted by Gasteiger charge is 2.42. The van der Waals surface area contributed by atoms with Gasteiger partial charge in [-0.2, -0.15) is 0 Å². The molecular formula is C13H15NO3. The quantitative estimate of drug-likeness (QED) is 0.763. The molecule has 1 unspecified atom stereocenters. The maximum absolute atomic E-state index is 12.0. The summed E-state index contributed by atoms with van der Waals surface area (Å²) in [6, 6.07) is 0.336. The van der Waals surface area contributed by atoms with E-state index < -0.39 is 5.60 Å². The molecule has 0 saturated heterocycles. The standard InChI is InChI=1S/C13H15NO3/c1-13-6-9(15)4-5-11(13)10(7-17-13)12(16)14-8-2-3-8/h4-5,7-8,15H,2-3,6H2,1H3,(H,14,16). The van der Waals surface area contributed by atoms with Crippen molar-refractivity contribution in [2.45, 2.75) is 37.8 Å². The minimum Gasteiger partial charge on any atom is -0.512 e. The van der Waals surface area contributed by atoms with Gasteiger partial charge in [-0.3, -0.25) is 4.79 Å². The number of hydrogen-bond donors (Lipinski definition) is 2. The maximum atomic E-state index is 12.0. The minimum absolute atomic E-state index is 0.0720. The molecule has 4 nitrogen and oxygen atoms in total. The number of aliphatic hydroxyl groups excluding tert-OH is 1. The van der Waals surface area contributed by atoms with Crippen LogP contribution in [-0.2, 0) is 9.53 Å². The summed E-state index contributed by atoms with van der Waals surface area (Å²) in [5.41, 5.74) is 0.853. The molecule has 17 heavy (non-hydrogen) atoms. The summed E-state index contributed by atoms with van der Waals surface area (Å²) >= 11 is 0. The van der Waals surface area contributed by atoms with Crippen LogP contribution in [0, 0.1) is 0 Å². The number of carbonyl (C=O) groups excluding carboxylic acids is 1. The van der Waals surface area contributed by atoms with Gasteiger partial charge in [-0.15, -0.1) is 0 Å². The van der Waals surface area contributed by atoms with E-state index in [1.54, 1.807) is 12.2 Å². The van der Waals surface area contributed by atoms with Crippen LogP contribution in [0.5, 0.6) is 0 Å². The molecule has 4 heteroatoms. The first-order chi connectivity index (χ1) is 8.08. The fourth-order valence-electron chi connectivity index (χ4n) is 2.25. The fourth-order valence-corrected chi connectivity index (χ4v) is 2.25. The van der Waals surface area contributed by atoms with E-state index in [9.17, 15) is 9.90 Å². The number of ether oxygens (including phenoxy) is 1. The molecule has 1 amide bonds. The lowest BCUT2D eigenvalue weighted by atomic mass is 9.84. The van der Waals surface area contributed by atoms with Gasteiger partial charge in [0.15, 0.2) is 0 Å². The highest BCUT2D eigenvalue weighted by atomic mass is 16.5. The Balaban J connectivity index is 1.84. The largest absolute Gasteiger partial charge is 0.512 e. The highest BCUT2D eigenvalue weighted by molar-refractivity contribution is 5.99. The Morgan fingerprint density at radius 2 is 2.29 bits per heavy atom. The molecule has 1 aliphatic heterocycles. The molecule has 1 fully saturated rings. The van der Waals surface area contributed by atoms with E-state index in [1.807, 2.05) is 6.92 Å². The van der Waals surface area contributed by atoms with Gasteiger partial charge in [0, 0.05) is 18.0 Å². The summed E-state index contributed by atoms with van der Waals surface area (Å²) in [6.07, 6.45) is 7.45. The van der Waals surface area contributed by atoms with Gasteiger partial charge in [-0.05, 0) is 25.8 Å². The summed E-state index contributed by atoms with van der Waals surface area (Å²) in [7, 11) is 0. The third kappa shape index (κ3) is 1.73. The topological polar surface area (TPSA) is 58.6 Å². The molecule has 1 heterocycles. The van der Waals surface area contributed by atoms with Crippen LogP contribution < -0.4 is 5.32 Å². The number of hydrogen-bond acceptors (Lipinski definition) is 3. The van der Waals surface area contributed by atoms with Gasteiger partial charge in [0.2, 0.25) is 0 Å². The molecule has 0 spiro atoms. The number of amides is 1. The van der Waals surface area contributed by atoms with Gasteiger partial charge in [0.1, 0.15) is 5.60 Å². The zero-order valence-corrected chi connectivity index (χ0v) is 9.69. The van der Waals surface area contributed by atoms with E-state index in [-0.39, 0.29) is 11.7 Å². The molecule has 0 aromatic rings. The molecule has 2 aliphatic carbocycles. The van der Waals surface area contributed by atoms with Gasteiger partial charge in [0.25, 0.3) is 5.91 Å². The Kier molecular flexibility index (Phi) is 2.08. The Labute approximate surface area is 99.7 Å². The number of nitrogens with one attached hydrogen (secondary N) is 1. The number of allylic oxidation sites excluding steroid dienone is 2.